The molecule has 0 spiro atoms. The average molecular weight is 334 g/mol. The Morgan fingerprint density at radius 2 is 2.30 bits per heavy atom. The Labute approximate surface area is 140 Å². The summed E-state index contributed by atoms with van der Waals surface area (Å²) < 4.78 is 11.3. The third-order valence-electron chi connectivity index (χ3n) is 4.10. The fourth-order valence-corrected chi connectivity index (χ4v) is 3.68. The molecule has 1 fully saturated rings. The molecule has 0 aliphatic carbocycles. The predicted molar refractivity (Wildman–Crippen MR) is 89.7 cm³/mol. The van der Waals surface area contributed by atoms with Crippen LogP contribution < -0.4 is 5.32 Å². The van der Waals surface area contributed by atoms with Gasteiger partial charge in [-0.2, -0.15) is 0 Å². The van der Waals surface area contributed by atoms with E-state index in [9.17, 15) is 4.79 Å². The monoisotopic (exact) mass is 334 g/mol. The SMILES string of the molecule is Cc1cc([C@@H](C)NC(=O)N2CCO[C@@H](c3cccs3)C2)c(C)o1. The number of furan rings is 1. The van der Waals surface area contributed by atoms with Gasteiger partial charge in [-0.3, -0.25) is 0 Å². The number of morpholine rings is 1. The first kappa shape index (κ1) is 16.1. The number of amides is 2. The van der Waals surface area contributed by atoms with Crippen molar-refractivity contribution >= 4 is 17.4 Å². The number of hydrogen-bond acceptors (Lipinski definition) is 4. The van der Waals surface area contributed by atoms with Gasteiger partial charge in [0, 0.05) is 17.0 Å². The minimum atomic E-state index is -0.0806. The van der Waals surface area contributed by atoms with E-state index >= 15 is 0 Å². The summed E-state index contributed by atoms with van der Waals surface area (Å²) in [6.45, 7) is 7.58. The van der Waals surface area contributed by atoms with Gasteiger partial charge in [0.1, 0.15) is 17.6 Å². The first-order valence-electron chi connectivity index (χ1n) is 7.82. The van der Waals surface area contributed by atoms with Gasteiger partial charge in [0.25, 0.3) is 0 Å². The maximum Gasteiger partial charge on any atom is 0.318 e. The third kappa shape index (κ3) is 3.59. The van der Waals surface area contributed by atoms with E-state index in [1.54, 1.807) is 11.3 Å². The molecule has 1 N–H and O–H groups in total. The van der Waals surface area contributed by atoms with Gasteiger partial charge in [-0.25, -0.2) is 4.79 Å². The van der Waals surface area contributed by atoms with Crippen LogP contribution in [0.4, 0.5) is 4.79 Å². The van der Waals surface area contributed by atoms with Crippen molar-refractivity contribution in [2.45, 2.75) is 32.9 Å². The third-order valence-corrected chi connectivity index (χ3v) is 5.06. The second-order valence-electron chi connectivity index (χ2n) is 5.86. The molecule has 23 heavy (non-hydrogen) atoms. The molecule has 2 aromatic heterocycles. The van der Waals surface area contributed by atoms with E-state index in [0.717, 1.165) is 22.0 Å². The van der Waals surface area contributed by atoms with Gasteiger partial charge in [-0.1, -0.05) is 6.07 Å². The fraction of sp³-hybridized carbons (Fsp3) is 0.471. The lowest BCUT2D eigenvalue weighted by atomic mass is 10.1. The number of carbonyl (C=O) groups excluding carboxylic acids is 1. The molecule has 0 aromatic carbocycles. The zero-order chi connectivity index (χ0) is 16.4. The topological polar surface area (TPSA) is 54.7 Å². The maximum atomic E-state index is 12.5. The molecule has 124 valence electrons. The van der Waals surface area contributed by atoms with Crippen molar-refractivity contribution in [1.82, 2.24) is 10.2 Å². The van der Waals surface area contributed by atoms with Gasteiger partial charge >= 0.3 is 6.03 Å². The Bertz CT molecular complexity index is 665. The number of nitrogens with zero attached hydrogens (tertiary/aromatic N) is 1. The van der Waals surface area contributed by atoms with E-state index < -0.39 is 0 Å². The normalized spacial score (nSPS) is 19.6. The second kappa shape index (κ2) is 6.76. The molecule has 3 heterocycles. The van der Waals surface area contributed by atoms with E-state index in [1.807, 2.05) is 43.2 Å². The van der Waals surface area contributed by atoms with Crippen molar-refractivity contribution in [2.24, 2.45) is 0 Å². The number of nitrogens with one attached hydrogen (secondary N) is 1. The summed E-state index contributed by atoms with van der Waals surface area (Å²) in [6, 6.07) is 5.91. The molecule has 2 atom stereocenters. The number of thiophene rings is 1. The lowest BCUT2D eigenvalue weighted by Crippen LogP contribution is -2.47. The first-order valence-corrected chi connectivity index (χ1v) is 8.70. The maximum absolute atomic E-state index is 12.5. The molecular formula is C17H22N2O3S. The Kier molecular flexibility index (Phi) is 4.73. The molecule has 1 aliphatic rings. The van der Waals surface area contributed by atoms with Gasteiger partial charge in [0.05, 0.1) is 19.2 Å². The van der Waals surface area contributed by atoms with Crippen LogP contribution in [0.3, 0.4) is 0 Å². The van der Waals surface area contributed by atoms with Gasteiger partial charge in [-0.15, -0.1) is 11.3 Å². The molecule has 2 aromatic rings. The number of hydrogen-bond donors (Lipinski definition) is 1. The van der Waals surface area contributed by atoms with Crippen LogP contribution in [0.1, 0.15) is 41.0 Å². The summed E-state index contributed by atoms with van der Waals surface area (Å²) in [5, 5.41) is 5.09. The number of carbonyl (C=O) groups is 1. The molecule has 3 rings (SSSR count). The zero-order valence-corrected chi connectivity index (χ0v) is 14.5. The minimum Gasteiger partial charge on any atom is -0.466 e. The summed E-state index contributed by atoms with van der Waals surface area (Å²) in [7, 11) is 0. The molecule has 0 radical (unpaired) electrons. The van der Waals surface area contributed by atoms with Crippen LogP contribution in [0.5, 0.6) is 0 Å². The van der Waals surface area contributed by atoms with E-state index in [4.69, 9.17) is 9.15 Å². The lowest BCUT2D eigenvalue weighted by Gasteiger charge is -2.33. The van der Waals surface area contributed by atoms with Crippen LogP contribution in [-0.4, -0.2) is 30.6 Å². The standard InChI is InChI=1S/C17H22N2O3S/c1-11-9-14(13(3)22-11)12(2)18-17(20)19-6-7-21-15(10-19)16-5-4-8-23-16/h4-5,8-9,12,15H,6-7,10H2,1-3H3,(H,18,20)/t12-,15-/m1/s1. The highest BCUT2D eigenvalue weighted by Gasteiger charge is 2.27. The minimum absolute atomic E-state index is 0.0253. The Balaban J connectivity index is 1.62. The van der Waals surface area contributed by atoms with Crippen LogP contribution in [0, 0.1) is 13.8 Å². The molecular weight excluding hydrogens is 312 g/mol. The largest absolute Gasteiger partial charge is 0.466 e. The number of aryl methyl sites for hydroxylation is 2. The zero-order valence-electron chi connectivity index (χ0n) is 13.7. The van der Waals surface area contributed by atoms with Gasteiger partial charge in [0.2, 0.25) is 0 Å². The molecule has 6 heteroatoms. The smallest absolute Gasteiger partial charge is 0.318 e. The summed E-state index contributed by atoms with van der Waals surface area (Å²) in [5.41, 5.74) is 1.03. The molecule has 5 nitrogen and oxygen atoms in total. The van der Waals surface area contributed by atoms with Crippen molar-refractivity contribution in [1.29, 1.82) is 0 Å². The Morgan fingerprint density at radius 3 is 2.96 bits per heavy atom. The summed E-state index contributed by atoms with van der Waals surface area (Å²) in [6.07, 6.45) is -0.0253. The van der Waals surface area contributed by atoms with E-state index in [0.29, 0.717) is 19.7 Å². The summed E-state index contributed by atoms with van der Waals surface area (Å²) in [5.74, 6) is 1.72. The van der Waals surface area contributed by atoms with Gasteiger partial charge in [-0.05, 0) is 38.3 Å². The van der Waals surface area contributed by atoms with Crippen molar-refractivity contribution in [2.75, 3.05) is 19.7 Å². The predicted octanol–water partition coefficient (Wildman–Crippen LogP) is 3.80. The average Bonchev–Trinajstić information content (AvgIpc) is 3.17. The van der Waals surface area contributed by atoms with E-state index in [2.05, 4.69) is 11.4 Å². The van der Waals surface area contributed by atoms with Crippen molar-refractivity contribution in [3.05, 3.63) is 45.5 Å². The van der Waals surface area contributed by atoms with Crippen LogP contribution in [0.2, 0.25) is 0 Å². The molecule has 1 saturated heterocycles. The summed E-state index contributed by atoms with van der Waals surface area (Å²) >= 11 is 1.66. The second-order valence-corrected chi connectivity index (χ2v) is 6.84. The van der Waals surface area contributed by atoms with E-state index in [-0.39, 0.29) is 18.2 Å². The van der Waals surface area contributed by atoms with Crippen LogP contribution in [-0.2, 0) is 4.74 Å². The number of urea groups is 1. The molecule has 0 unspecified atom stereocenters. The Morgan fingerprint density at radius 1 is 1.48 bits per heavy atom. The molecule has 0 saturated carbocycles. The number of ether oxygens (including phenoxy) is 1. The van der Waals surface area contributed by atoms with Gasteiger partial charge in [0.15, 0.2) is 0 Å². The summed E-state index contributed by atoms with van der Waals surface area (Å²) in [4.78, 5) is 15.5. The molecule has 2 amide bonds. The van der Waals surface area contributed by atoms with Crippen LogP contribution >= 0.6 is 11.3 Å². The van der Waals surface area contributed by atoms with Crippen LogP contribution in [0.15, 0.2) is 28.0 Å². The fourth-order valence-electron chi connectivity index (χ4n) is 2.91. The highest BCUT2D eigenvalue weighted by Crippen LogP contribution is 2.26. The van der Waals surface area contributed by atoms with Crippen molar-refractivity contribution in [3.63, 3.8) is 0 Å². The van der Waals surface area contributed by atoms with Crippen LogP contribution in [0.25, 0.3) is 0 Å². The quantitative estimate of drug-likeness (QED) is 0.929. The van der Waals surface area contributed by atoms with E-state index in [1.165, 1.54) is 0 Å². The molecule has 1 aliphatic heterocycles. The lowest BCUT2D eigenvalue weighted by molar-refractivity contribution is -0.0138. The molecule has 0 bridgehead atoms. The van der Waals surface area contributed by atoms with Crippen molar-refractivity contribution < 1.29 is 13.9 Å². The van der Waals surface area contributed by atoms with Crippen molar-refractivity contribution in [3.8, 4) is 0 Å². The van der Waals surface area contributed by atoms with Gasteiger partial charge < -0.3 is 19.4 Å². The number of rotatable bonds is 3. The highest BCUT2D eigenvalue weighted by molar-refractivity contribution is 7.10. The Hall–Kier alpha value is -1.79. The highest BCUT2D eigenvalue weighted by atomic mass is 32.1. The first-order chi connectivity index (χ1) is 11.0.